The van der Waals surface area contributed by atoms with Gasteiger partial charge in [-0.05, 0) is 49.8 Å². The lowest BCUT2D eigenvalue weighted by atomic mass is 9.87. The second kappa shape index (κ2) is 7.57. The summed E-state index contributed by atoms with van der Waals surface area (Å²) >= 11 is 5.88. The van der Waals surface area contributed by atoms with E-state index in [-0.39, 0.29) is 22.6 Å². The number of amides is 1. The summed E-state index contributed by atoms with van der Waals surface area (Å²) in [6.45, 7) is 0.584. The summed E-state index contributed by atoms with van der Waals surface area (Å²) in [5.74, 6) is -0.309. The lowest BCUT2D eigenvalue weighted by Crippen LogP contribution is -2.31. The van der Waals surface area contributed by atoms with Crippen LogP contribution in [0.25, 0.3) is 6.08 Å². The molecule has 0 unspecified atom stereocenters. The Labute approximate surface area is 128 Å². The largest absolute Gasteiger partial charge is 0.393 e. The molecular formula is C16H19ClFNO2. The second-order valence-electron chi connectivity index (χ2n) is 5.39. The minimum absolute atomic E-state index is 0.194. The van der Waals surface area contributed by atoms with Gasteiger partial charge in [-0.15, -0.1) is 0 Å². The van der Waals surface area contributed by atoms with Gasteiger partial charge in [0.15, 0.2) is 0 Å². The van der Waals surface area contributed by atoms with Gasteiger partial charge in [-0.25, -0.2) is 4.39 Å². The Hall–Kier alpha value is -1.39. The number of benzene rings is 1. The Bertz CT molecular complexity index is 505. The molecule has 5 heteroatoms. The zero-order chi connectivity index (χ0) is 15.2. The third-order valence-corrected chi connectivity index (χ3v) is 4.11. The van der Waals surface area contributed by atoms with Crippen molar-refractivity contribution < 1.29 is 14.3 Å². The summed E-state index contributed by atoms with van der Waals surface area (Å²) in [7, 11) is 0. The smallest absolute Gasteiger partial charge is 0.244 e. The van der Waals surface area contributed by atoms with Gasteiger partial charge in [0.25, 0.3) is 0 Å². The maximum absolute atomic E-state index is 13.5. The van der Waals surface area contributed by atoms with Crippen LogP contribution >= 0.6 is 11.6 Å². The van der Waals surface area contributed by atoms with E-state index in [0.717, 1.165) is 25.7 Å². The number of halogens is 2. The average Bonchev–Trinajstić information content (AvgIpc) is 2.46. The maximum atomic E-state index is 13.5. The van der Waals surface area contributed by atoms with Gasteiger partial charge in [0.1, 0.15) is 5.82 Å². The van der Waals surface area contributed by atoms with Gasteiger partial charge in [-0.1, -0.05) is 17.7 Å². The van der Waals surface area contributed by atoms with Crippen molar-refractivity contribution in [2.75, 3.05) is 6.54 Å². The van der Waals surface area contributed by atoms with E-state index < -0.39 is 5.82 Å². The Kier molecular flexibility index (Phi) is 5.76. The fourth-order valence-electron chi connectivity index (χ4n) is 2.48. The first-order chi connectivity index (χ1) is 10.1. The highest BCUT2D eigenvalue weighted by Crippen LogP contribution is 2.23. The van der Waals surface area contributed by atoms with Gasteiger partial charge >= 0.3 is 0 Å². The highest BCUT2D eigenvalue weighted by atomic mass is 35.5. The van der Waals surface area contributed by atoms with Crippen LogP contribution in [0.5, 0.6) is 0 Å². The third-order valence-electron chi connectivity index (χ3n) is 3.78. The van der Waals surface area contributed by atoms with Crippen LogP contribution in [0.15, 0.2) is 24.3 Å². The zero-order valence-electron chi connectivity index (χ0n) is 11.7. The molecule has 1 fully saturated rings. The number of carbonyl (C=O) groups is 1. The highest BCUT2D eigenvalue weighted by Gasteiger charge is 2.19. The number of aliphatic hydroxyl groups is 1. The van der Waals surface area contributed by atoms with Crippen LogP contribution in [-0.4, -0.2) is 23.7 Å². The minimum atomic E-state index is -0.451. The second-order valence-corrected chi connectivity index (χ2v) is 5.80. The summed E-state index contributed by atoms with van der Waals surface area (Å²) in [4.78, 5) is 11.7. The summed E-state index contributed by atoms with van der Waals surface area (Å²) in [6, 6.07) is 4.40. The van der Waals surface area contributed by atoms with Crippen molar-refractivity contribution in [2.24, 2.45) is 5.92 Å². The quantitative estimate of drug-likeness (QED) is 0.839. The van der Waals surface area contributed by atoms with E-state index in [1.165, 1.54) is 24.3 Å². The monoisotopic (exact) mass is 311 g/mol. The molecule has 1 aliphatic carbocycles. The summed E-state index contributed by atoms with van der Waals surface area (Å²) in [5, 5.41) is 12.5. The van der Waals surface area contributed by atoms with E-state index in [9.17, 15) is 14.3 Å². The van der Waals surface area contributed by atoms with Gasteiger partial charge in [0, 0.05) is 18.2 Å². The molecule has 3 nitrogen and oxygen atoms in total. The number of hydrogen-bond donors (Lipinski definition) is 2. The first kappa shape index (κ1) is 16.0. The number of aliphatic hydroxyl groups excluding tert-OH is 1. The fourth-order valence-corrected chi connectivity index (χ4v) is 2.71. The van der Waals surface area contributed by atoms with Crippen LogP contribution in [0.2, 0.25) is 5.02 Å². The third kappa shape index (κ3) is 4.83. The fraction of sp³-hybridized carbons (Fsp3) is 0.438. The summed E-state index contributed by atoms with van der Waals surface area (Å²) < 4.78 is 13.5. The van der Waals surface area contributed by atoms with Crippen molar-refractivity contribution in [2.45, 2.75) is 31.8 Å². The molecule has 0 atom stereocenters. The van der Waals surface area contributed by atoms with Gasteiger partial charge in [0.2, 0.25) is 5.91 Å². The number of hydrogen-bond acceptors (Lipinski definition) is 2. The lowest BCUT2D eigenvalue weighted by molar-refractivity contribution is -0.116. The van der Waals surface area contributed by atoms with E-state index in [1.807, 2.05) is 0 Å². The van der Waals surface area contributed by atoms with Crippen molar-refractivity contribution >= 4 is 23.6 Å². The molecule has 0 saturated heterocycles. The van der Waals surface area contributed by atoms with Crippen LogP contribution in [0, 0.1) is 11.7 Å². The van der Waals surface area contributed by atoms with Crippen molar-refractivity contribution in [3.8, 4) is 0 Å². The van der Waals surface area contributed by atoms with E-state index >= 15 is 0 Å². The topological polar surface area (TPSA) is 49.3 Å². The van der Waals surface area contributed by atoms with E-state index in [2.05, 4.69) is 5.32 Å². The summed E-state index contributed by atoms with van der Waals surface area (Å²) in [6.07, 6.45) is 5.91. The lowest BCUT2D eigenvalue weighted by Gasteiger charge is -2.25. The molecule has 0 spiro atoms. The SMILES string of the molecule is O=C(/C=C/c1c(F)cccc1Cl)NCC1CCC(O)CC1. The predicted molar refractivity (Wildman–Crippen MR) is 81.4 cm³/mol. The number of nitrogens with one attached hydrogen (secondary N) is 1. The van der Waals surface area contributed by atoms with Crippen molar-refractivity contribution in [1.29, 1.82) is 0 Å². The van der Waals surface area contributed by atoms with Crippen LogP contribution in [0.3, 0.4) is 0 Å². The average molecular weight is 312 g/mol. The summed E-state index contributed by atoms with van der Waals surface area (Å²) in [5.41, 5.74) is 0.218. The van der Waals surface area contributed by atoms with E-state index in [0.29, 0.717) is 12.5 Å². The number of rotatable bonds is 4. The van der Waals surface area contributed by atoms with Crippen LogP contribution < -0.4 is 5.32 Å². The first-order valence-corrected chi connectivity index (χ1v) is 7.52. The Balaban J connectivity index is 1.83. The van der Waals surface area contributed by atoms with Crippen LogP contribution in [0.1, 0.15) is 31.2 Å². The van der Waals surface area contributed by atoms with Gasteiger partial charge in [-0.2, -0.15) is 0 Å². The molecule has 0 bridgehead atoms. The minimum Gasteiger partial charge on any atom is -0.393 e. The molecule has 0 aliphatic heterocycles. The van der Waals surface area contributed by atoms with Crippen molar-refractivity contribution in [1.82, 2.24) is 5.32 Å². The molecule has 1 aromatic rings. The Morgan fingerprint density at radius 1 is 1.38 bits per heavy atom. The van der Waals surface area contributed by atoms with Gasteiger partial charge in [-0.3, -0.25) is 4.79 Å². The van der Waals surface area contributed by atoms with Gasteiger partial charge in [0.05, 0.1) is 11.1 Å². The standard InChI is InChI=1S/C16H19ClFNO2/c17-14-2-1-3-15(18)13(14)8-9-16(21)19-10-11-4-6-12(20)7-5-11/h1-3,8-9,11-12,20H,4-7,10H2,(H,19,21)/b9-8+. The molecule has 1 aromatic carbocycles. The van der Waals surface area contributed by atoms with Crippen LogP contribution in [-0.2, 0) is 4.79 Å². The molecule has 1 amide bonds. The van der Waals surface area contributed by atoms with Gasteiger partial charge < -0.3 is 10.4 Å². The van der Waals surface area contributed by atoms with Crippen molar-refractivity contribution in [3.63, 3.8) is 0 Å². The maximum Gasteiger partial charge on any atom is 0.244 e. The zero-order valence-corrected chi connectivity index (χ0v) is 12.4. The molecule has 2 N–H and O–H groups in total. The molecule has 0 aromatic heterocycles. The predicted octanol–water partition coefficient (Wildman–Crippen LogP) is 3.16. The Morgan fingerprint density at radius 2 is 2.10 bits per heavy atom. The molecule has 1 saturated carbocycles. The molecule has 0 radical (unpaired) electrons. The molecule has 21 heavy (non-hydrogen) atoms. The number of carbonyl (C=O) groups excluding carboxylic acids is 1. The first-order valence-electron chi connectivity index (χ1n) is 7.14. The normalized spacial score (nSPS) is 22.4. The molecule has 114 valence electrons. The van der Waals surface area contributed by atoms with Crippen molar-refractivity contribution in [3.05, 3.63) is 40.7 Å². The van der Waals surface area contributed by atoms with E-state index in [4.69, 9.17) is 11.6 Å². The highest BCUT2D eigenvalue weighted by molar-refractivity contribution is 6.32. The molecule has 0 heterocycles. The van der Waals surface area contributed by atoms with E-state index in [1.54, 1.807) is 6.07 Å². The van der Waals surface area contributed by atoms with Crippen LogP contribution in [0.4, 0.5) is 4.39 Å². The molecular weight excluding hydrogens is 293 g/mol. The molecule has 2 rings (SSSR count). The Morgan fingerprint density at radius 3 is 2.76 bits per heavy atom. The molecule has 1 aliphatic rings.